The lowest BCUT2D eigenvalue weighted by Crippen LogP contribution is -2.12. The van der Waals surface area contributed by atoms with Gasteiger partial charge in [0.15, 0.2) is 0 Å². The fraction of sp³-hybridized carbons (Fsp3) is 0. The molecule has 2 aromatic carbocycles. The molecule has 0 saturated heterocycles. The molecule has 0 aliphatic rings. The van der Waals surface area contributed by atoms with Crippen molar-refractivity contribution in [2.75, 3.05) is 5.32 Å². The molecule has 3 aromatic rings. The summed E-state index contributed by atoms with van der Waals surface area (Å²) >= 11 is 5.79. The summed E-state index contributed by atoms with van der Waals surface area (Å²) < 4.78 is 1.51. The molecule has 1 aromatic heterocycles. The number of nitro benzene ring substituents is 1. The van der Waals surface area contributed by atoms with Gasteiger partial charge in [-0.2, -0.15) is 0 Å². The van der Waals surface area contributed by atoms with E-state index in [2.05, 4.69) is 10.3 Å². The molecule has 0 aliphatic carbocycles. The van der Waals surface area contributed by atoms with E-state index in [0.29, 0.717) is 16.4 Å². The Hall–Kier alpha value is -3.19. The molecule has 0 aliphatic heterocycles. The van der Waals surface area contributed by atoms with Crippen molar-refractivity contribution in [1.29, 1.82) is 0 Å². The second kappa shape index (κ2) is 6.51. The highest BCUT2D eigenvalue weighted by Crippen LogP contribution is 2.25. The van der Waals surface area contributed by atoms with E-state index in [1.165, 1.54) is 35.3 Å². The van der Waals surface area contributed by atoms with E-state index in [1.54, 1.807) is 30.5 Å². The monoisotopic (exact) mass is 342 g/mol. The molecule has 7 nitrogen and oxygen atoms in total. The van der Waals surface area contributed by atoms with E-state index < -0.39 is 10.8 Å². The number of benzene rings is 2. The standard InChI is InChI=1S/C16H11ClN4O3/c17-12-2-4-13(5-3-12)19-16(22)11-1-6-14(15(9-11)21(23)24)20-8-7-18-10-20/h1-10H,(H,19,22). The van der Waals surface area contributed by atoms with Gasteiger partial charge in [0.25, 0.3) is 11.6 Å². The minimum absolute atomic E-state index is 0.181. The number of nitrogens with zero attached hydrogens (tertiary/aromatic N) is 3. The molecule has 1 amide bonds. The largest absolute Gasteiger partial charge is 0.322 e. The third-order valence-electron chi connectivity index (χ3n) is 3.32. The molecule has 3 rings (SSSR count). The summed E-state index contributed by atoms with van der Waals surface area (Å²) in [6.07, 6.45) is 4.57. The molecule has 0 saturated carbocycles. The van der Waals surface area contributed by atoms with Crippen LogP contribution in [0.2, 0.25) is 5.02 Å². The smallest absolute Gasteiger partial charge is 0.294 e. The van der Waals surface area contributed by atoms with Crippen molar-refractivity contribution >= 4 is 28.9 Å². The van der Waals surface area contributed by atoms with Crippen LogP contribution in [-0.4, -0.2) is 20.4 Å². The Labute approximate surface area is 141 Å². The van der Waals surface area contributed by atoms with E-state index in [-0.39, 0.29) is 11.3 Å². The van der Waals surface area contributed by atoms with Crippen LogP contribution in [0.3, 0.4) is 0 Å². The van der Waals surface area contributed by atoms with Crippen LogP contribution in [0.4, 0.5) is 11.4 Å². The Morgan fingerprint density at radius 2 is 1.96 bits per heavy atom. The predicted octanol–water partition coefficient (Wildman–Crippen LogP) is 3.69. The van der Waals surface area contributed by atoms with Crippen molar-refractivity contribution < 1.29 is 9.72 Å². The van der Waals surface area contributed by atoms with Crippen molar-refractivity contribution in [2.45, 2.75) is 0 Å². The highest BCUT2D eigenvalue weighted by atomic mass is 35.5. The van der Waals surface area contributed by atoms with E-state index in [0.717, 1.165) is 0 Å². The third kappa shape index (κ3) is 3.26. The highest BCUT2D eigenvalue weighted by Gasteiger charge is 2.18. The maximum Gasteiger partial charge on any atom is 0.294 e. The molecule has 24 heavy (non-hydrogen) atoms. The quantitative estimate of drug-likeness (QED) is 0.578. The number of anilines is 1. The van der Waals surface area contributed by atoms with E-state index >= 15 is 0 Å². The Bertz CT molecular complexity index is 892. The second-order valence-corrected chi connectivity index (χ2v) is 5.33. The number of nitro groups is 1. The van der Waals surface area contributed by atoms with Gasteiger partial charge in [-0.05, 0) is 36.4 Å². The Balaban J connectivity index is 1.91. The number of carbonyl (C=O) groups excluding carboxylic acids is 1. The fourth-order valence-corrected chi connectivity index (χ4v) is 2.29. The first-order chi connectivity index (χ1) is 11.5. The summed E-state index contributed by atoms with van der Waals surface area (Å²) in [7, 11) is 0. The lowest BCUT2D eigenvalue weighted by Gasteiger charge is -2.08. The summed E-state index contributed by atoms with van der Waals surface area (Å²) in [6, 6.07) is 10.8. The van der Waals surface area contributed by atoms with Crippen molar-refractivity contribution in [1.82, 2.24) is 9.55 Å². The number of aromatic nitrogens is 2. The van der Waals surface area contributed by atoms with Crippen molar-refractivity contribution in [2.24, 2.45) is 0 Å². The molecular weight excluding hydrogens is 332 g/mol. The van der Waals surface area contributed by atoms with Gasteiger partial charge in [-0.1, -0.05) is 11.6 Å². The zero-order chi connectivity index (χ0) is 17.1. The maximum atomic E-state index is 12.3. The number of hydrogen-bond donors (Lipinski definition) is 1. The Morgan fingerprint density at radius 1 is 1.21 bits per heavy atom. The van der Waals surface area contributed by atoms with Crippen LogP contribution in [0.25, 0.3) is 5.69 Å². The van der Waals surface area contributed by atoms with Crippen LogP contribution < -0.4 is 5.32 Å². The lowest BCUT2D eigenvalue weighted by molar-refractivity contribution is -0.384. The summed E-state index contributed by atoms with van der Waals surface area (Å²) in [5.41, 5.74) is 0.878. The molecule has 0 spiro atoms. The van der Waals surface area contributed by atoms with Crippen LogP contribution in [-0.2, 0) is 0 Å². The van der Waals surface area contributed by atoms with E-state index in [9.17, 15) is 14.9 Å². The number of rotatable bonds is 4. The van der Waals surface area contributed by atoms with Crippen molar-refractivity contribution in [3.8, 4) is 5.69 Å². The normalized spacial score (nSPS) is 10.4. The SMILES string of the molecule is O=C(Nc1ccc(Cl)cc1)c1ccc(-n2ccnc2)c([N+](=O)[O-])c1. The van der Waals surface area contributed by atoms with Crippen LogP contribution in [0.1, 0.15) is 10.4 Å². The topological polar surface area (TPSA) is 90.1 Å². The second-order valence-electron chi connectivity index (χ2n) is 4.89. The van der Waals surface area contributed by atoms with Crippen LogP contribution >= 0.6 is 11.6 Å². The number of carbonyl (C=O) groups is 1. The molecule has 0 fully saturated rings. The van der Waals surface area contributed by atoms with Crippen LogP contribution in [0.5, 0.6) is 0 Å². The first kappa shape index (κ1) is 15.7. The fourth-order valence-electron chi connectivity index (χ4n) is 2.17. The number of amides is 1. The van der Waals surface area contributed by atoms with Gasteiger partial charge in [0.1, 0.15) is 5.69 Å². The Kier molecular flexibility index (Phi) is 4.26. The molecule has 0 bridgehead atoms. The van der Waals surface area contributed by atoms with Crippen LogP contribution in [0, 0.1) is 10.1 Å². The van der Waals surface area contributed by atoms with Gasteiger partial charge in [-0.25, -0.2) is 4.98 Å². The summed E-state index contributed by atoms with van der Waals surface area (Å²) in [5, 5.41) is 14.5. The van der Waals surface area contributed by atoms with Gasteiger partial charge in [0, 0.05) is 34.7 Å². The number of imidazole rings is 1. The first-order valence-corrected chi connectivity index (χ1v) is 7.26. The molecule has 8 heteroatoms. The van der Waals surface area contributed by atoms with Gasteiger partial charge in [-0.3, -0.25) is 14.9 Å². The van der Waals surface area contributed by atoms with Gasteiger partial charge < -0.3 is 9.88 Å². The van der Waals surface area contributed by atoms with Crippen LogP contribution in [0.15, 0.2) is 61.2 Å². The third-order valence-corrected chi connectivity index (χ3v) is 3.57. The first-order valence-electron chi connectivity index (χ1n) is 6.88. The van der Waals surface area contributed by atoms with Crippen molar-refractivity contribution in [3.05, 3.63) is 81.9 Å². The zero-order valence-electron chi connectivity index (χ0n) is 12.2. The minimum Gasteiger partial charge on any atom is -0.322 e. The molecule has 0 unspecified atom stereocenters. The molecule has 120 valence electrons. The molecule has 1 heterocycles. The summed E-state index contributed by atoms with van der Waals surface area (Å²) in [5.74, 6) is -0.447. The lowest BCUT2D eigenvalue weighted by atomic mass is 10.1. The summed E-state index contributed by atoms with van der Waals surface area (Å²) in [4.78, 5) is 26.9. The average Bonchev–Trinajstić information content (AvgIpc) is 3.10. The van der Waals surface area contributed by atoms with Gasteiger partial charge in [0.2, 0.25) is 0 Å². The zero-order valence-corrected chi connectivity index (χ0v) is 13.0. The van der Waals surface area contributed by atoms with Crippen molar-refractivity contribution in [3.63, 3.8) is 0 Å². The van der Waals surface area contributed by atoms with E-state index in [4.69, 9.17) is 11.6 Å². The van der Waals surface area contributed by atoms with Gasteiger partial charge >= 0.3 is 0 Å². The maximum absolute atomic E-state index is 12.3. The number of nitrogens with one attached hydrogen (secondary N) is 1. The van der Waals surface area contributed by atoms with E-state index in [1.807, 2.05) is 0 Å². The minimum atomic E-state index is -0.533. The molecule has 0 atom stereocenters. The Morgan fingerprint density at radius 3 is 2.58 bits per heavy atom. The number of halogens is 1. The highest BCUT2D eigenvalue weighted by molar-refractivity contribution is 6.30. The summed E-state index contributed by atoms with van der Waals surface area (Å²) in [6.45, 7) is 0. The predicted molar refractivity (Wildman–Crippen MR) is 89.6 cm³/mol. The molecule has 0 radical (unpaired) electrons. The molecular formula is C16H11ClN4O3. The van der Waals surface area contributed by atoms with Gasteiger partial charge in [-0.15, -0.1) is 0 Å². The van der Waals surface area contributed by atoms with Gasteiger partial charge in [0.05, 0.1) is 11.3 Å². The number of hydrogen-bond acceptors (Lipinski definition) is 4. The molecule has 1 N–H and O–H groups in total. The average molecular weight is 343 g/mol.